The smallest absolute Gasteiger partial charge is 0.293 e. The number of halogens is 1. The van der Waals surface area contributed by atoms with Crippen LogP contribution in [0.15, 0.2) is 18.2 Å². The Balaban J connectivity index is 2.86. The Morgan fingerprint density at radius 2 is 2.05 bits per heavy atom. The van der Waals surface area contributed by atoms with E-state index in [1.54, 1.807) is 0 Å². The van der Waals surface area contributed by atoms with E-state index in [0.29, 0.717) is 6.42 Å². The van der Waals surface area contributed by atoms with Crippen molar-refractivity contribution in [1.82, 2.24) is 0 Å². The van der Waals surface area contributed by atoms with Crippen molar-refractivity contribution in [2.45, 2.75) is 32.6 Å². The topological polar surface area (TPSA) is 89.3 Å². The van der Waals surface area contributed by atoms with Gasteiger partial charge in [0, 0.05) is 18.1 Å². The van der Waals surface area contributed by atoms with E-state index in [1.807, 2.05) is 6.92 Å². The summed E-state index contributed by atoms with van der Waals surface area (Å²) >= 11 is 5.27. The van der Waals surface area contributed by atoms with Crippen LogP contribution in [0, 0.1) is 10.1 Å². The third-order valence-corrected chi connectivity index (χ3v) is 2.92. The molecule has 0 bridgehead atoms. The van der Waals surface area contributed by atoms with Gasteiger partial charge in [0.1, 0.15) is 5.69 Å². The number of rotatable bonds is 7. The second-order valence-corrected chi connectivity index (χ2v) is 4.61. The summed E-state index contributed by atoms with van der Waals surface area (Å²) in [4.78, 5) is 32.9. The molecule has 0 heterocycles. The molecule has 1 amide bonds. The van der Waals surface area contributed by atoms with Gasteiger partial charge in [-0.3, -0.25) is 19.7 Å². The first-order valence-corrected chi connectivity index (χ1v) is 6.61. The number of nitrogens with one attached hydrogen (secondary N) is 1. The average molecular weight is 299 g/mol. The monoisotopic (exact) mass is 298 g/mol. The molecule has 0 aromatic heterocycles. The van der Waals surface area contributed by atoms with Gasteiger partial charge in [0.2, 0.25) is 5.91 Å². The molecule has 0 radical (unpaired) electrons. The van der Waals surface area contributed by atoms with Crippen molar-refractivity contribution in [3.8, 4) is 0 Å². The Morgan fingerprint density at radius 1 is 1.35 bits per heavy atom. The van der Waals surface area contributed by atoms with E-state index >= 15 is 0 Å². The number of benzene rings is 1. The van der Waals surface area contributed by atoms with Gasteiger partial charge >= 0.3 is 0 Å². The number of nitro groups is 1. The van der Waals surface area contributed by atoms with E-state index in [1.165, 1.54) is 12.1 Å². The fraction of sp³-hybridized carbons (Fsp3) is 0.385. The molecular formula is C13H15ClN2O4. The van der Waals surface area contributed by atoms with Crippen molar-refractivity contribution >= 4 is 34.1 Å². The Kier molecular flexibility index (Phi) is 6.11. The van der Waals surface area contributed by atoms with Crippen LogP contribution in [0.3, 0.4) is 0 Å². The van der Waals surface area contributed by atoms with Crippen LogP contribution in [0.5, 0.6) is 0 Å². The molecular weight excluding hydrogens is 284 g/mol. The van der Waals surface area contributed by atoms with Gasteiger partial charge in [0.15, 0.2) is 0 Å². The fourth-order valence-corrected chi connectivity index (χ4v) is 1.78. The Hall–Kier alpha value is -1.95. The van der Waals surface area contributed by atoms with Crippen LogP contribution in [0.25, 0.3) is 0 Å². The first kappa shape index (κ1) is 16.1. The lowest BCUT2D eigenvalue weighted by molar-refractivity contribution is -0.383. The largest absolute Gasteiger partial charge is 0.320 e. The Labute approximate surface area is 121 Å². The molecule has 1 rings (SSSR count). The third kappa shape index (κ3) is 4.62. The molecule has 0 saturated heterocycles. The van der Waals surface area contributed by atoms with Gasteiger partial charge in [-0.2, -0.15) is 0 Å². The summed E-state index contributed by atoms with van der Waals surface area (Å²) in [5.41, 5.74) is -0.263. The zero-order valence-electron chi connectivity index (χ0n) is 11.0. The quantitative estimate of drug-likeness (QED) is 0.361. The van der Waals surface area contributed by atoms with Crippen LogP contribution in [0.4, 0.5) is 11.4 Å². The van der Waals surface area contributed by atoms with Crippen molar-refractivity contribution in [3.05, 3.63) is 33.9 Å². The van der Waals surface area contributed by atoms with E-state index in [9.17, 15) is 19.7 Å². The number of nitro benzene ring substituents is 1. The van der Waals surface area contributed by atoms with Gasteiger partial charge in [-0.25, -0.2) is 0 Å². The molecule has 0 aliphatic heterocycles. The highest BCUT2D eigenvalue weighted by Gasteiger charge is 2.18. The van der Waals surface area contributed by atoms with Gasteiger partial charge < -0.3 is 5.32 Å². The maximum Gasteiger partial charge on any atom is 0.293 e. The minimum absolute atomic E-state index is 0.0161. The van der Waals surface area contributed by atoms with E-state index in [-0.39, 0.29) is 22.8 Å². The number of hydrogen-bond acceptors (Lipinski definition) is 4. The van der Waals surface area contributed by atoms with Gasteiger partial charge in [0.25, 0.3) is 10.9 Å². The highest BCUT2D eigenvalue weighted by molar-refractivity contribution is 6.67. The molecule has 20 heavy (non-hydrogen) atoms. The molecule has 0 aliphatic rings. The fourth-order valence-electron chi connectivity index (χ4n) is 1.66. The van der Waals surface area contributed by atoms with Crippen molar-refractivity contribution in [3.63, 3.8) is 0 Å². The van der Waals surface area contributed by atoms with Crippen LogP contribution < -0.4 is 5.32 Å². The summed E-state index contributed by atoms with van der Waals surface area (Å²) in [5.74, 6) is -0.286. The highest BCUT2D eigenvalue weighted by atomic mass is 35.5. The molecule has 0 saturated carbocycles. The molecule has 0 atom stereocenters. The maximum absolute atomic E-state index is 11.7. The van der Waals surface area contributed by atoms with Crippen LogP contribution >= 0.6 is 11.6 Å². The predicted octanol–water partition coefficient (Wildman–Crippen LogP) is 3.49. The average Bonchev–Trinajstić information content (AvgIpc) is 2.38. The van der Waals surface area contributed by atoms with E-state index < -0.39 is 10.2 Å². The minimum Gasteiger partial charge on any atom is -0.320 e. The summed E-state index contributed by atoms with van der Waals surface area (Å²) in [6.07, 6.45) is 2.95. The molecule has 6 nitrogen and oxygen atoms in total. The Bertz CT molecular complexity index is 531. The van der Waals surface area contributed by atoms with Crippen LogP contribution in [-0.2, 0) is 4.79 Å². The lowest BCUT2D eigenvalue weighted by atomic mass is 10.1. The SMILES string of the molecule is CCCCCC(=O)Nc1ccc(C(=O)Cl)cc1[N+](=O)[O-]. The summed E-state index contributed by atoms with van der Waals surface area (Å²) in [7, 11) is 0. The third-order valence-electron chi connectivity index (χ3n) is 2.70. The molecule has 7 heteroatoms. The zero-order chi connectivity index (χ0) is 15.1. The van der Waals surface area contributed by atoms with E-state index in [2.05, 4.69) is 5.32 Å². The normalized spacial score (nSPS) is 10.1. The first-order chi connectivity index (χ1) is 9.45. The molecule has 0 unspecified atom stereocenters. The second kappa shape index (κ2) is 7.59. The molecule has 0 aliphatic carbocycles. The Morgan fingerprint density at radius 3 is 2.60 bits per heavy atom. The highest BCUT2D eigenvalue weighted by Crippen LogP contribution is 2.26. The maximum atomic E-state index is 11.7. The lowest BCUT2D eigenvalue weighted by Gasteiger charge is -2.06. The number of anilines is 1. The molecule has 0 spiro atoms. The van der Waals surface area contributed by atoms with Gasteiger partial charge in [-0.15, -0.1) is 0 Å². The number of unbranched alkanes of at least 4 members (excludes halogenated alkanes) is 2. The van der Waals surface area contributed by atoms with Crippen molar-refractivity contribution in [1.29, 1.82) is 0 Å². The summed E-state index contributed by atoms with van der Waals surface area (Å²) in [6.45, 7) is 2.02. The van der Waals surface area contributed by atoms with Crippen molar-refractivity contribution < 1.29 is 14.5 Å². The van der Waals surface area contributed by atoms with Crippen LogP contribution in [0.1, 0.15) is 43.0 Å². The second-order valence-electron chi connectivity index (χ2n) is 4.27. The molecule has 1 aromatic rings. The van der Waals surface area contributed by atoms with Crippen molar-refractivity contribution in [2.24, 2.45) is 0 Å². The number of carbonyl (C=O) groups is 2. The zero-order valence-corrected chi connectivity index (χ0v) is 11.8. The van der Waals surface area contributed by atoms with Gasteiger partial charge in [-0.1, -0.05) is 19.8 Å². The van der Waals surface area contributed by atoms with E-state index in [0.717, 1.165) is 25.3 Å². The number of amides is 1. The summed E-state index contributed by atoms with van der Waals surface area (Å²) in [6, 6.07) is 3.70. The number of nitrogens with zero attached hydrogens (tertiary/aromatic N) is 1. The first-order valence-electron chi connectivity index (χ1n) is 6.23. The lowest BCUT2D eigenvalue weighted by Crippen LogP contribution is -2.12. The standard InChI is InChI=1S/C13H15ClN2O4/c1-2-3-4-5-12(17)15-10-7-6-9(13(14)18)8-11(10)16(19)20/h6-8H,2-5H2,1H3,(H,15,17). The molecule has 0 fully saturated rings. The van der Waals surface area contributed by atoms with E-state index in [4.69, 9.17) is 11.6 Å². The number of carbonyl (C=O) groups excluding carboxylic acids is 2. The summed E-state index contributed by atoms with van der Waals surface area (Å²) in [5, 5.41) is 12.6. The summed E-state index contributed by atoms with van der Waals surface area (Å²) < 4.78 is 0. The van der Waals surface area contributed by atoms with Crippen LogP contribution in [-0.4, -0.2) is 16.1 Å². The van der Waals surface area contributed by atoms with Crippen molar-refractivity contribution in [2.75, 3.05) is 5.32 Å². The molecule has 108 valence electrons. The van der Waals surface area contributed by atoms with Gasteiger partial charge in [0.05, 0.1) is 4.92 Å². The minimum atomic E-state index is -0.783. The molecule has 1 N–H and O–H groups in total. The van der Waals surface area contributed by atoms with Crippen LogP contribution in [0.2, 0.25) is 0 Å². The van der Waals surface area contributed by atoms with Gasteiger partial charge in [-0.05, 0) is 30.2 Å². The molecule has 1 aromatic carbocycles. The predicted molar refractivity (Wildman–Crippen MR) is 76.1 cm³/mol. The number of hydrogen-bond donors (Lipinski definition) is 1.